The van der Waals surface area contributed by atoms with Crippen molar-refractivity contribution in [3.63, 3.8) is 0 Å². The number of likely N-dealkylation sites (N-methyl/N-ethyl adjacent to an activating group) is 2. The van der Waals surface area contributed by atoms with E-state index in [1.165, 1.54) is 6.07 Å². The summed E-state index contributed by atoms with van der Waals surface area (Å²) < 4.78 is 13.6. The summed E-state index contributed by atoms with van der Waals surface area (Å²) >= 11 is 0. The second kappa shape index (κ2) is 7.25. The van der Waals surface area contributed by atoms with Crippen LogP contribution in [0.15, 0.2) is 24.3 Å². The Hall–Kier alpha value is -1.13. The van der Waals surface area contributed by atoms with E-state index in [2.05, 4.69) is 5.32 Å². The lowest BCUT2D eigenvalue weighted by Crippen LogP contribution is -2.43. The molecule has 1 aromatic rings. The Kier molecular flexibility index (Phi) is 5.94. The van der Waals surface area contributed by atoms with Crippen molar-refractivity contribution in [2.45, 2.75) is 19.9 Å². The van der Waals surface area contributed by atoms with E-state index in [0.717, 1.165) is 6.54 Å². The summed E-state index contributed by atoms with van der Waals surface area (Å²) in [6.45, 7) is 6.12. The van der Waals surface area contributed by atoms with Crippen molar-refractivity contribution in [1.29, 1.82) is 0 Å². The standard InChI is InChI=1S/C13H21FN2O/c1-3-15-11(10-17)9-16(4-2)13-8-6-5-7-12(13)14/h5-8,11,15,17H,3-4,9-10H2,1-2H3. The molecule has 1 unspecified atom stereocenters. The van der Waals surface area contributed by atoms with Crippen molar-refractivity contribution >= 4 is 5.69 Å². The van der Waals surface area contributed by atoms with Gasteiger partial charge in [-0.05, 0) is 25.6 Å². The fourth-order valence-electron chi connectivity index (χ4n) is 1.85. The van der Waals surface area contributed by atoms with Gasteiger partial charge in [-0.3, -0.25) is 0 Å². The van der Waals surface area contributed by atoms with Gasteiger partial charge in [-0.2, -0.15) is 0 Å². The zero-order valence-electron chi connectivity index (χ0n) is 10.5. The number of benzene rings is 1. The molecule has 0 aliphatic rings. The van der Waals surface area contributed by atoms with Gasteiger partial charge in [0.1, 0.15) is 5.82 Å². The Morgan fingerprint density at radius 1 is 1.35 bits per heavy atom. The van der Waals surface area contributed by atoms with Gasteiger partial charge < -0.3 is 15.3 Å². The number of rotatable bonds is 7. The first-order valence-corrected chi connectivity index (χ1v) is 6.06. The van der Waals surface area contributed by atoms with Crippen molar-refractivity contribution in [2.24, 2.45) is 0 Å². The average Bonchev–Trinajstić information content (AvgIpc) is 2.35. The van der Waals surface area contributed by atoms with Gasteiger partial charge in [0.15, 0.2) is 0 Å². The van der Waals surface area contributed by atoms with E-state index in [1.54, 1.807) is 12.1 Å². The Morgan fingerprint density at radius 2 is 2.06 bits per heavy atom. The summed E-state index contributed by atoms with van der Waals surface area (Å²) in [5.41, 5.74) is 0.589. The van der Waals surface area contributed by atoms with E-state index in [-0.39, 0.29) is 18.5 Å². The van der Waals surface area contributed by atoms with Gasteiger partial charge in [0.25, 0.3) is 0 Å². The molecule has 4 heteroatoms. The van der Waals surface area contributed by atoms with Crippen molar-refractivity contribution in [1.82, 2.24) is 5.32 Å². The zero-order chi connectivity index (χ0) is 12.7. The number of nitrogens with zero attached hydrogens (tertiary/aromatic N) is 1. The molecule has 0 saturated heterocycles. The fourth-order valence-corrected chi connectivity index (χ4v) is 1.85. The first kappa shape index (κ1) is 13.9. The summed E-state index contributed by atoms with van der Waals surface area (Å²) in [5.74, 6) is -0.220. The molecule has 0 radical (unpaired) electrons. The van der Waals surface area contributed by atoms with Crippen LogP contribution < -0.4 is 10.2 Å². The quantitative estimate of drug-likeness (QED) is 0.760. The van der Waals surface area contributed by atoms with Crippen LogP contribution in [0.25, 0.3) is 0 Å². The van der Waals surface area contributed by atoms with Gasteiger partial charge in [-0.1, -0.05) is 19.1 Å². The number of para-hydroxylation sites is 1. The number of hydrogen-bond donors (Lipinski definition) is 2. The third-order valence-corrected chi connectivity index (χ3v) is 2.73. The SMILES string of the molecule is CCNC(CO)CN(CC)c1ccccc1F. The smallest absolute Gasteiger partial charge is 0.146 e. The fraction of sp³-hybridized carbons (Fsp3) is 0.538. The Balaban J connectivity index is 2.74. The van der Waals surface area contributed by atoms with Crippen molar-refractivity contribution < 1.29 is 9.50 Å². The highest BCUT2D eigenvalue weighted by Gasteiger charge is 2.14. The van der Waals surface area contributed by atoms with E-state index < -0.39 is 0 Å². The van der Waals surface area contributed by atoms with Crippen molar-refractivity contribution in [3.8, 4) is 0 Å². The summed E-state index contributed by atoms with van der Waals surface area (Å²) in [5, 5.41) is 12.4. The monoisotopic (exact) mass is 240 g/mol. The lowest BCUT2D eigenvalue weighted by atomic mass is 10.2. The molecule has 0 fully saturated rings. The molecule has 0 heterocycles. The van der Waals surface area contributed by atoms with Crippen LogP contribution in [0.4, 0.5) is 10.1 Å². The van der Waals surface area contributed by atoms with E-state index in [0.29, 0.717) is 18.8 Å². The van der Waals surface area contributed by atoms with Gasteiger partial charge in [0, 0.05) is 19.1 Å². The van der Waals surface area contributed by atoms with Gasteiger partial charge in [-0.15, -0.1) is 0 Å². The normalized spacial score (nSPS) is 12.5. The molecular weight excluding hydrogens is 219 g/mol. The topological polar surface area (TPSA) is 35.5 Å². The maximum absolute atomic E-state index is 13.6. The molecule has 2 N–H and O–H groups in total. The zero-order valence-corrected chi connectivity index (χ0v) is 10.5. The van der Waals surface area contributed by atoms with Gasteiger partial charge in [-0.25, -0.2) is 4.39 Å². The van der Waals surface area contributed by atoms with Crippen LogP contribution in [-0.4, -0.2) is 37.4 Å². The van der Waals surface area contributed by atoms with Gasteiger partial charge >= 0.3 is 0 Å². The first-order chi connectivity index (χ1) is 8.22. The number of nitrogens with one attached hydrogen (secondary N) is 1. The largest absolute Gasteiger partial charge is 0.395 e. The molecule has 96 valence electrons. The van der Waals surface area contributed by atoms with E-state index in [1.807, 2.05) is 24.8 Å². The second-order valence-electron chi connectivity index (χ2n) is 3.93. The molecule has 1 atom stereocenters. The van der Waals surface area contributed by atoms with E-state index in [9.17, 15) is 9.50 Å². The highest BCUT2D eigenvalue weighted by atomic mass is 19.1. The highest BCUT2D eigenvalue weighted by molar-refractivity contribution is 5.47. The third kappa shape index (κ3) is 3.98. The third-order valence-electron chi connectivity index (χ3n) is 2.73. The molecule has 0 aliphatic heterocycles. The van der Waals surface area contributed by atoms with Crippen molar-refractivity contribution in [2.75, 3.05) is 31.1 Å². The van der Waals surface area contributed by atoms with Crippen LogP contribution in [0, 0.1) is 5.82 Å². The van der Waals surface area contributed by atoms with Crippen LogP contribution in [0.2, 0.25) is 0 Å². The maximum Gasteiger partial charge on any atom is 0.146 e. The number of halogens is 1. The van der Waals surface area contributed by atoms with Crippen molar-refractivity contribution in [3.05, 3.63) is 30.1 Å². The molecule has 3 nitrogen and oxygen atoms in total. The summed E-state index contributed by atoms with van der Waals surface area (Å²) in [4.78, 5) is 1.93. The summed E-state index contributed by atoms with van der Waals surface area (Å²) in [6, 6.07) is 6.70. The lowest BCUT2D eigenvalue weighted by Gasteiger charge is -2.28. The molecule has 0 aromatic heterocycles. The number of hydrogen-bond acceptors (Lipinski definition) is 3. The molecule has 0 spiro atoms. The van der Waals surface area contributed by atoms with Crippen LogP contribution in [0.1, 0.15) is 13.8 Å². The second-order valence-corrected chi connectivity index (χ2v) is 3.93. The maximum atomic E-state index is 13.6. The molecule has 1 aromatic carbocycles. The summed E-state index contributed by atoms with van der Waals surface area (Å²) in [6.07, 6.45) is 0. The Bertz CT molecular complexity index is 333. The number of anilines is 1. The minimum Gasteiger partial charge on any atom is -0.395 e. The number of aliphatic hydroxyl groups excluding tert-OH is 1. The molecule has 1 rings (SSSR count). The van der Waals surface area contributed by atoms with Crippen LogP contribution in [0.5, 0.6) is 0 Å². The highest BCUT2D eigenvalue weighted by Crippen LogP contribution is 2.18. The van der Waals surface area contributed by atoms with Gasteiger partial charge in [0.05, 0.1) is 12.3 Å². The lowest BCUT2D eigenvalue weighted by molar-refractivity contribution is 0.245. The predicted octanol–water partition coefficient (Wildman–Crippen LogP) is 1.62. The van der Waals surface area contributed by atoms with Crippen LogP contribution >= 0.6 is 0 Å². The minimum atomic E-state index is -0.220. The van der Waals surface area contributed by atoms with Gasteiger partial charge in [0.2, 0.25) is 0 Å². The Morgan fingerprint density at radius 3 is 2.59 bits per heavy atom. The van der Waals surface area contributed by atoms with Crippen LogP contribution in [-0.2, 0) is 0 Å². The van der Waals surface area contributed by atoms with E-state index >= 15 is 0 Å². The molecule has 0 aliphatic carbocycles. The Labute approximate surface area is 102 Å². The summed E-state index contributed by atoms with van der Waals surface area (Å²) in [7, 11) is 0. The predicted molar refractivity (Wildman–Crippen MR) is 68.8 cm³/mol. The molecule has 0 saturated carbocycles. The average molecular weight is 240 g/mol. The molecule has 17 heavy (non-hydrogen) atoms. The minimum absolute atomic E-state index is 0.0282. The van der Waals surface area contributed by atoms with E-state index in [4.69, 9.17) is 0 Å². The molecule has 0 bridgehead atoms. The molecule has 0 amide bonds. The van der Waals surface area contributed by atoms with Crippen LogP contribution in [0.3, 0.4) is 0 Å². The molecular formula is C13H21FN2O. The number of aliphatic hydroxyl groups is 1. The first-order valence-electron chi connectivity index (χ1n) is 6.06.